The molecule has 2 aromatic rings. The SMILES string of the molecule is Cc1ccc(N2CCN(C(=O)Cc3ccccc3C)CC2)nn1. The Morgan fingerprint density at radius 2 is 1.74 bits per heavy atom. The summed E-state index contributed by atoms with van der Waals surface area (Å²) in [5, 5.41) is 8.33. The van der Waals surface area contributed by atoms with Crippen molar-refractivity contribution < 1.29 is 4.79 Å². The number of rotatable bonds is 3. The van der Waals surface area contributed by atoms with Crippen LogP contribution in [0, 0.1) is 13.8 Å². The molecule has 3 rings (SSSR count). The molecule has 0 atom stereocenters. The molecular weight excluding hydrogens is 288 g/mol. The van der Waals surface area contributed by atoms with E-state index in [1.165, 1.54) is 5.56 Å². The number of carbonyl (C=O) groups is 1. The third-order valence-electron chi connectivity index (χ3n) is 4.34. The zero-order valence-corrected chi connectivity index (χ0v) is 13.7. The van der Waals surface area contributed by atoms with Gasteiger partial charge >= 0.3 is 0 Å². The van der Waals surface area contributed by atoms with Crippen molar-refractivity contribution in [2.75, 3.05) is 31.1 Å². The van der Waals surface area contributed by atoms with Gasteiger partial charge in [-0.25, -0.2) is 0 Å². The molecule has 0 aliphatic carbocycles. The number of piperazine rings is 1. The van der Waals surface area contributed by atoms with Crippen molar-refractivity contribution >= 4 is 11.7 Å². The third-order valence-corrected chi connectivity index (χ3v) is 4.34. The lowest BCUT2D eigenvalue weighted by atomic mass is 10.1. The number of nitrogens with zero attached hydrogens (tertiary/aromatic N) is 4. The smallest absolute Gasteiger partial charge is 0.227 e. The van der Waals surface area contributed by atoms with Gasteiger partial charge in [-0.2, -0.15) is 5.10 Å². The minimum Gasteiger partial charge on any atom is -0.352 e. The van der Waals surface area contributed by atoms with Crippen molar-refractivity contribution in [2.24, 2.45) is 0 Å². The summed E-state index contributed by atoms with van der Waals surface area (Å²) in [7, 11) is 0. The van der Waals surface area contributed by atoms with Crippen LogP contribution < -0.4 is 4.90 Å². The average Bonchev–Trinajstić information content (AvgIpc) is 2.58. The van der Waals surface area contributed by atoms with Gasteiger partial charge in [0.2, 0.25) is 5.91 Å². The highest BCUT2D eigenvalue weighted by Crippen LogP contribution is 2.14. The van der Waals surface area contributed by atoms with Crippen molar-refractivity contribution in [1.82, 2.24) is 15.1 Å². The molecule has 0 unspecified atom stereocenters. The molecule has 5 nitrogen and oxygen atoms in total. The summed E-state index contributed by atoms with van der Waals surface area (Å²) in [6.07, 6.45) is 0.483. The molecule has 1 amide bonds. The molecule has 0 saturated carbocycles. The van der Waals surface area contributed by atoms with Crippen LogP contribution in [0.3, 0.4) is 0 Å². The number of hydrogen-bond acceptors (Lipinski definition) is 4. The quantitative estimate of drug-likeness (QED) is 0.870. The van der Waals surface area contributed by atoms with E-state index >= 15 is 0 Å². The molecular formula is C18H22N4O. The maximum Gasteiger partial charge on any atom is 0.227 e. The van der Waals surface area contributed by atoms with Crippen LogP contribution in [0.25, 0.3) is 0 Å². The molecule has 1 aliphatic heterocycles. The predicted molar refractivity (Wildman–Crippen MR) is 90.4 cm³/mol. The first-order chi connectivity index (χ1) is 11.1. The molecule has 1 fully saturated rings. The van der Waals surface area contributed by atoms with Crippen LogP contribution in [-0.4, -0.2) is 47.2 Å². The van der Waals surface area contributed by atoms with Crippen LogP contribution in [-0.2, 0) is 11.2 Å². The van der Waals surface area contributed by atoms with Gasteiger partial charge in [-0.05, 0) is 37.1 Å². The number of anilines is 1. The Bertz CT molecular complexity index is 676. The van der Waals surface area contributed by atoms with E-state index in [2.05, 4.69) is 28.1 Å². The fraction of sp³-hybridized carbons (Fsp3) is 0.389. The molecule has 0 N–H and O–H groups in total. The van der Waals surface area contributed by atoms with E-state index in [0.29, 0.717) is 6.42 Å². The highest BCUT2D eigenvalue weighted by atomic mass is 16.2. The molecule has 1 saturated heterocycles. The van der Waals surface area contributed by atoms with E-state index in [1.54, 1.807) is 0 Å². The van der Waals surface area contributed by atoms with Crippen LogP contribution >= 0.6 is 0 Å². The summed E-state index contributed by atoms with van der Waals surface area (Å²) in [5.74, 6) is 1.09. The van der Waals surface area contributed by atoms with Crippen molar-refractivity contribution in [3.05, 3.63) is 53.2 Å². The number of aromatic nitrogens is 2. The summed E-state index contributed by atoms with van der Waals surface area (Å²) >= 11 is 0. The highest BCUT2D eigenvalue weighted by molar-refractivity contribution is 5.79. The molecule has 0 radical (unpaired) electrons. The van der Waals surface area contributed by atoms with E-state index in [9.17, 15) is 4.79 Å². The highest BCUT2D eigenvalue weighted by Gasteiger charge is 2.22. The Hall–Kier alpha value is -2.43. The van der Waals surface area contributed by atoms with Crippen LogP contribution in [0.1, 0.15) is 16.8 Å². The largest absolute Gasteiger partial charge is 0.352 e. The molecule has 0 spiro atoms. The zero-order chi connectivity index (χ0) is 16.2. The van der Waals surface area contributed by atoms with Crippen LogP contribution in [0.2, 0.25) is 0 Å². The summed E-state index contributed by atoms with van der Waals surface area (Å²) in [6, 6.07) is 12.0. The van der Waals surface area contributed by atoms with Gasteiger partial charge in [0.15, 0.2) is 5.82 Å². The van der Waals surface area contributed by atoms with Crippen LogP contribution in [0.4, 0.5) is 5.82 Å². The Labute approximate surface area is 136 Å². The molecule has 23 heavy (non-hydrogen) atoms. The Kier molecular flexibility index (Phi) is 4.55. The van der Waals surface area contributed by atoms with E-state index in [4.69, 9.17) is 0 Å². The van der Waals surface area contributed by atoms with Gasteiger partial charge < -0.3 is 9.80 Å². The molecule has 0 bridgehead atoms. The van der Waals surface area contributed by atoms with Crippen molar-refractivity contribution in [3.63, 3.8) is 0 Å². The number of benzene rings is 1. The summed E-state index contributed by atoms with van der Waals surface area (Å²) in [5.41, 5.74) is 3.21. The number of carbonyl (C=O) groups excluding carboxylic acids is 1. The average molecular weight is 310 g/mol. The summed E-state index contributed by atoms with van der Waals surface area (Å²) < 4.78 is 0. The van der Waals surface area contributed by atoms with Gasteiger partial charge in [-0.3, -0.25) is 4.79 Å². The third kappa shape index (κ3) is 3.67. The normalized spacial score (nSPS) is 14.9. The van der Waals surface area contributed by atoms with Gasteiger partial charge in [0.05, 0.1) is 12.1 Å². The first kappa shape index (κ1) is 15.5. The number of amides is 1. The Morgan fingerprint density at radius 1 is 1.00 bits per heavy atom. The minimum atomic E-state index is 0.203. The monoisotopic (exact) mass is 310 g/mol. The molecule has 5 heteroatoms. The lowest BCUT2D eigenvalue weighted by Crippen LogP contribution is -2.49. The minimum absolute atomic E-state index is 0.203. The topological polar surface area (TPSA) is 49.3 Å². The number of aryl methyl sites for hydroxylation is 2. The van der Waals surface area contributed by atoms with Crippen LogP contribution in [0.5, 0.6) is 0 Å². The first-order valence-corrected chi connectivity index (χ1v) is 8.01. The standard InChI is InChI=1S/C18H22N4O/c1-14-5-3-4-6-16(14)13-18(23)22-11-9-21(10-12-22)17-8-7-15(2)19-20-17/h3-8H,9-13H2,1-2H3. The molecule has 120 valence electrons. The maximum absolute atomic E-state index is 12.5. The van der Waals surface area contributed by atoms with Gasteiger partial charge in [0.25, 0.3) is 0 Å². The molecule has 1 aromatic carbocycles. The fourth-order valence-corrected chi connectivity index (χ4v) is 2.83. The van der Waals surface area contributed by atoms with E-state index in [1.807, 2.05) is 42.2 Å². The second-order valence-electron chi connectivity index (χ2n) is 6.00. The Balaban J connectivity index is 1.57. The van der Waals surface area contributed by atoms with Crippen molar-refractivity contribution in [3.8, 4) is 0 Å². The van der Waals surface area contributed by atoms with Crippen molar-refractivity contribution in [2.45, 2.75) is 20.3 Å². The molecule has 2 heterocycles. The number of hydrogen-bond donors (Lipinski definition) is 0. The van der Waals surface area contributed by atoms with Gasteiger partial charge in [0, 0.05) is 26.2 Å². The first-order valence-electron chi connectivity index (χ1n) is 8.01. The van der Waals surface area contributed by atoms with E-state index in [-0.39, 0.29) is 5.91 Å². The van der Waals surface area contributed by atoms with E-state index in [0.717, 1.165) is 43.3 Å². The second kappa shape index (κ2) is 6.77. The second-order valence-corrected chi connectivity index (χ2v) is 6.00. The van der Waals surface area contributed by atoms with Crippen LogP contribution in [0.15, 0.2) is 36.4 Å². The van der Waals surface area contributed by atoms with E-state index < -0.39 is 0 Å². The van der Waals surface area contributed by atoms with Gasteiger partial charge in [-0.15, -0.1) is 5.10 Å². The lowest BCUT2D eigenvalue weighted by Gasteiger charge is -2.35. The van der Waals surface area contributed by atoms with Gasteiger partial charge in [0.1, 0.15) is 0 Å². The predicted octanol–water partition coefficient (Wildman–Crippen LogP) is 1.98. The zero-order valence-electron chi connectivity index (χ0n) is 13.7. The summed E-state index contributed by atoms with van der Waals surface area (Å²) in [6.45, 7) is 7.06. The summed E-state index contributed by atoms with van der Waals surface area (Å²) in [4.78, 5) is 16.6. The lowest BCUT2D eigenvalue weighted by molar-refractivity contribution is -0.130. The molecule has 1 aliphatic rings. The fourth-order valence-electron chi connectivity index (χ4n) is 2.83. The maximum atomic E-state index is 12.5. The molecule has 1 aromatic heterocycles. The van der Waals surface area contributed by atoms with Gasteiger partial charge in [-0.1, -0.05) is 24.3 Å². The van der Waals surface area contributed by atoms with Crippen molar-refractivity contribution in [1.29, 1.82) is 0 Å². The Morgan fingerprint density at radius 3 is 2.39 bits per heavy atom.